The van der Waals surface area contributed by atoms with Gasteiger partial charge >= 0.3 is 0 Å². The van der Waals surface area contributed by atoms with Crippen LogP contribution in [0.25, 0.3) is 10.2 Å². The second kappa shape index (κ2) is 9.59. The van der Waals surface area contributed by atoms with Crippen molar-refractivity contribution in [2.75, 3.05) is 17.6 Å². The highest BCUT2D eigenvalue weighted by molar-refractivity contribution is 8.14. The van der Waals surface area contributed by atoms with Gasteiger partial charge < -0.3 is 10.6 Å². The third-order valence-corrected chi connectivity index (χ3v) is 6.89. The Bertz CT molecular complexity index is 984. The minimum atomic E-state index is -0.223. The van der Waals surface area contributed by atoms with Gasteiger partial charge in [0.15, 0.2) is 10.3 Å². The van der Waals surface area contributed by atoms with E-state index in [1.165, 1.54) is 48.3 Å². The molecule has 2 heterocycles. The molecule has 0 spiro atoms. The van der Waals surface area contributed by atoms with E-state index in [4.69, 9.17) is 4.99 Å². The first-order valence-corrected chi connectivity index (χ1v) is 11.9. The van der Waals surface area contributed by atoms with Crippen LogP contribution in [0.1, 0.15) is 31.7 Å². The van der Waals surface area contributed by atoms with E-state index < -0.39 is 0 Å². The molecule has 152 valence electrons. The van der Waals surface area contributed by atoms with Crippen molar-refractivity contribution in [3.63, 3.8) is 0 Å². The molecule has 3 aromatic rings. The standard InChI is InChI=1S/C22H25FN4S2/c1-2-3-4-18-14-28-22(26-18)25-17-8-5-15(6-9-17)11-12-24-21-27-19-10-7-16(23)13-20(19)29-21/h5-10,13,18H,2-4,11-12,14H2,1H3,(H,24,27)(H,25,26). The van der Waals surface area contributed by atoms with Gasteiger partial charge in [-0.15, -0.1) is 0 Å². The van der Waals surface area contributed by atoms with Crippen LogP contribution >= 0.6 is 23.1 Å². The molecule has 1 fully saturated rings. The van der Waals surface area contributed by atoms with E-state index in [1.807, 2.05) is 11.8 Å². The van der Waals surface area contributed by atoms with Crippen LogP contribution in [-0.2, 0) is 6.42 Å². The number of hydrogen-bond donors (Lipinski definition) is 2. The lowest BCUT2D eigenvalue weighted by atomic mass is 10.1. The Hall–Kier alpha value is -2.12. The molecule has 7 heteroatoms. The van der Waals surface area contributed by atoms with Crippen LogP contribution in [0.2, 0.25) is 0 Å². The monoisotopic (exact) mass is 428 g/mol. The minimum Gasteiger partial charge on any atom is -0.361 e. The first-order valence-electron chi connectivity index (χ1n) is 10.1. The van der Waals surface area contributed by atoms with Crippen LogP contribution in [-0.4, -0.2) is 28.5 Å². The van der Waals surface area contributed by atoms with Crippen molar-refractivity contribution < 1.29 is 4.39 Å². The summed E-state index contributed by atoms with van der Waals surface area (Å²) >= 11 is 3.30. The summed E-state index contributed by atoms with van der Waals surface area (Å²) in [6.45, 7) is 3.01. The Morgan fingerprint density at radius 1 is 1.24 bits per heavy atom. The molecule has 1 unspecified atom stereocenters. The van der Waals surface area contributed by atoms with Crippen molar-refractivity contribution >= 4 is 49.3 Å². The number of unbranched alkanes of at least 4 members (excludes halogenated alkanes) is 1. The lowest BCUT2D eigenvalue weighted by Crippen LogP contribution is -2.26. The number of fused-ring (bicyclic) bond motifs is 1. The average molecular weight is 429 g/mol. The lowest BCUT2D eigenvalue weighted by molar-refractivity contribution is 0.588. The number of nitrogens with one attached hydrogen (secondary N) is 2. The summed E-state index contributed by atoms with van der Waals surface area (Å²) < 4.78 is 14.2. The molecule has 0 saturated carbocycles. The zero-order valence-electron chi connectivity index (χ0n) is 16.5. The first-order chi connectivity index (χ1) is 14.2. The summed E-state index contributed by atoms with van der Waals surface area (Å²) in [5.41, 5.74) is 3.07. The zero-order chi connectivity index (χ0) is 20.1. The lowest BCUT2D eigenvalue weighted by Gasteiger charge is -2.08. The number of thioether (sulfide) groups is 1. The SMILES string of the molecule is CCCCC1CS/C(=N\c2ccc(CCNc3nc4ccc(F)cc4s3)cc2)N1. The fourth-order valence-corrected chi connectivity index (χ4v) is 5.20. The molecule has 29 heavy (non-hydrogen) atoms. The van der Waals surface area contributed by atoms with Crippen LogP contribution in [0.15, 0.2) is 47.5 Å². The van der Waals surface area contributed by atoms with Gasteiger partial charge in [-0.3, -0.25) is 0 Å². The maximum absolute atomic E-state index is 13.3. The van der Waals surface area contributed by atoms with E-state index in [-0.39, 0.29) is 5.82 Å². The van der Waals surface area contributed by atoms with Crippen LogP contribution in [0.4, 0.5) is 15.2 Å². The van der Waals surface area contributed by atoms with Gasteiger partial charge in [-0.25, -0.2) is 14.4 Å². The van der Waals surface area contributed by atoms with E-state index in [0.29, 0.717) is 6.04 Å². The molecule has 0 bridgehead atoms. The number of benzene rings is 2. The molecule has 1 saturated heterocycles. The number of nitrogens with zero attached hydrogens (tertiary/aromatic N) is 2. The van der Waals surface area contributed by atoms with E-state index in [2.05, 4.69) is 46.8 Å². The molecule has 0 radical (unpaired) electrons. The maximum atomic E-state index is 13.3. The Balaban J connectivity index is 1.27. The molecule has 1 aliphatic rings. The molecule has 4 rings (SSSR count). The predicted molar refractivity (Wildman–Crippen MR) is 124 cm³/mol. The zero-order valence-corrected chi connectivity index (χ0v) is 18.1. The fourth-order valence-electron chi connectivity index (χ4n) is 3.25. The molecule has 1 atom stereocenters. The number of rotatable bonds is 8. The van der Waals surface area contributed by atoms with Crippen LogP contribution in [0.3, 0.4) is 0 Å². The second-order valence-electron chi connectivity index (χ2n) is 7.19. The number of thiazole rings is 1. The van der Waals surface area contributed by atoms with Crippen molar-refractivity contribution in [1.29, 1.82) is 0 Å². The number of anilines is 1. The maximum Gasteiger partial charge on any atom is 0.183 e. The van der Waals surface area contributed by atoms with Crippen LogP contribution < -0.4 is 10.6 Å². The van der Waals surface area contributed by atoms with E-state index in [0.717, 1.165) is 44.9 Å². The molecular weight excluding hydrogens is 403 g/mol. The van der Waals surface area contributed by atoms with E-state index in [9.17, 15) is 4.39 Å². The highest BCUT2D eigenvalue weighted by atomic mass is 32.2. The third kappa shape index (κ3) is 5.48. The van der Waals surface area contributed by atoms with Gasteiger partial charge in [0.1, 0.15) is 5.82 Å². The van der Waals surface area contributed by atoms with Crippen molar-refractivity contribution in [3.05, 3.63) is 53.8 Å². The molecule has 2 N–H and O–H groups in total. The van der Waals surface area contributed by atoms with Gasteiger partial charge in [-0.05, 0) is 48.7 Å². The summed E-state index contributed by atoms with van der Waals surface area (Å²) in [6.07, 6.45) is 4.62. The highest BCUT2D eigenvalue weighted by Crippen LogP contribution is 2.26. The molecule has 4 nitrogen and oxygen atoms in total. The van der Waals surface area contributed by atoms with Gasteiger partial charge in [-0.2, -0.15) is 0 Å². The minimum absolute atomic E-state index is 0.223. The van der Waals surface area contributed by atoms with Crippen molar-refractivity contribution in [1.82, 2.24) is 10.3 Å². The summed E-state index contributed by atoms with van der Waals surface area (Å²) in [4.78, 5) is 9.23. The van der Waals surface area contributed by atoms with Crippen LogP contribution in [0.5, 0.6) is 0 Å². The predicted octanol–water partition coefficient (Wildman–Crippen LogP) is 5.97. The van der Waals surface area contributed by atoms with Gasteiger partial charge in [0, 0.05) is 18.3 Å². The molecule has 2 aromatic carbocycles. The van der Waals surface area contributed by atoms with Gasteiger partial charge in [-0.1, -0.05) is 55.0 Å². The largest absolute Gasteiger partial charge is 0.361 e. The Kier molecular flexibility index (Phi) is 6.67. The smallest absolute Gasteiger partial charge is 0.183 e. The van der Waals surface area contributed by atoms with Gasteiger partial charge in [0.2, 0.25) is 0 Å². The summed E-state index contributed by atoms with van der Waals surface area (Å²) in [5.74, 6) is 0.889. The number of hydrogen-bond acceptors (Lipinski definition) is 5. The number of aliphatic imine (C=N–C) groups is 1. The summed E-state index contributed by atoms with van der Waals surface area (Å²) in [6, 6.07) is 13.7. The van der Waals surface area contributed by atoms with E-state index >= 15 is 0 Å². The number of halogens is 1. The van der Waals surface area contributed by atoms with Gasteiger partial charge in [0.05, 0.1) is 15.9 Å². The highest BCUT2D eigenvalue weighted by Gasteiger charge is 2.19. The molecule has 0 amide bonds. The van der Waals surface area contributed by atoms with E-state index in [1.54, 1.807) is 6.07 Å². The quantitative estimate of drug-likeness (QED) is 0.464. The number of amidine groups is 1. The number of aromatic nitrogens is 1. The molecular formula is C22H25FN4S2. The Morgan fingerprint density at radius 3 is 2.93 bits per heavy atom. The average Bonchev–Trinajstić information content (AvgIpc) is 3.33. The second-order valence-corrected chi connectivity index (χ2v) is 9.23. The first kappa shape index (κ1) is 20.2. The third-order valence-electron chi connectivity index (χ3n) is 4.86. The molecule has 1 aromatic heterocycles. The Morgan fingerprint density at radius 2 is 2.10 bits per heavy atom. The van der Waals surface area contributed by atoms with Crippen molar-refractivity contribution in [3.8, 4) is 0 Å². The fraction of sp³-hybridized carbons (Fsp3) is 0.364. The summed E-state index contributed by atoms with van der Waals surface area (Å²) in [7, 11) is 0. The Labute approximate surface area is 179 Å². The topological polar surface area (TPSA) is 49.3 Å². The molecule has 1 aliphatic heterocycles. The summed E-state index contributed by atoms with van der Waals surface area (Å²) in [5, 5.41) is 8.73. The molecule has 0 aliphatic carbocycles. The van der Waals surface area contributed by atoms with Gasteiger partial charge in [0.25, 0.3) is 0 Å². The normalized spacial score (nSPS) is 17.7. The van der Waals surface area contributed by atoms with Crippen LogP contribution in [0, 0.1) is 5.82 Å². The van der Waals surface area contributed by atoms with Crippen molar-refractivity contribution in [2.24, 2.45) is 4.99 Å². The van der Waals surface area contributed by atoms with Crippen molar-refractivity contribution in [2.45, 2.75) is 38.6 Å².